The van der Waals surface area contributed by atoms with Crippen LogP contribution in [0.15, 0.2) is 17.4 Å². The van der Waals surface area contributed by atoms with Gasteiger partial charge < -0.3 is 4.98 Å². The van der Waals surface area contributed by atoms with Gasteiger partial charge >= 0.3 is 0 Å². The minimum atomic E-state index is -0.476. The number of rotatable bonds is 1. The second kappa shape index (κ2) is 2.75. The van der Waals surface area contributed by atoms with Crippen molar-refractivity contribution >= 4 is 22.8 Å². The summed E-state index contributed by atoms with van der Waals surface area (Å²) in [6.07, 6.45) is 3.38. The number of imidazole rings is 1. The molecule has 0 aromatic carbocycles. The maximum Gasteiger partial charge on any atom is 0.216 e. The zero-order valence-corrected chi connectivity index (χ0v) is 7.15. The number of pyridine rings is 1. The van der Waals surface area contributed by atoms with Gasteiger partial charge in [0.1, 0.15) is 10.5 Å². The number of nitrogens with zero attached hydrogens (tertiary/aromatic N) is 2. The van der Waals surface area contributed by atoms with Crippen LogP contribution < -0.4 is 0 Å². The van der Waals surface area contributed by atoms with Crippen molar-refractivity contribution in [3.63, 3.8) is 0 Å². The number of aromatic nitrogens is 3. The van der Waals surface area contributed by atoms with Crippen LogP contribution in [0.3, 0.4) is 0 Å². The molecule has 0 saturated heterocycles. The molecule has 0 atom stereocenters. The number of halogens is 1. The lowest BCUT2D eigenvalue weighted by molar-refractivity contribution is 0.575. The fourth-order valence-electron chi connectivity index (χ4n) is 1.03. The molecule has 2 aromatic rings. The van der Waals surface area contributed by atoms with Crippen molar-refractivity contribution in [2.75, 3.05) is 6.26 Å². The first-order chi connectivity index (χ1) is 5.81. The largest absolute Gasteiger partial charge is 0.344 e. The van der Waals surface area contributed by atoms with Crippen LogP contribution in [0.2, 0.25) is 0 Å². The van der Waals surface area contributed by atoms with E-state index in [2.05, 4.69) is 15.0 Å². The third-order valence-electron chi connectivity index (χ3n) is 1.54. The molecule has 5 heteroatoms. The number of aromatic amines is 1. The molecule has 0 spiro atoms. The highest BCUT2D eigenvalue weighted by molar-refractivity contribution is 7.98. The van der Waals surface area contributed by atoms with Gasteiger partial charge in [0.15, 0.2) is 0 Å². The third-order valence-corrected chi connectivity index (χ3v) is 2.21. The highest BCUT2D eigenvalue weighted by Gasteiger charge is 2.06. The molecule has 12 heavy (non-hydrogen) atoms. The summed E-state index contributed by atoms with van der Waals surface area (Å²) < 4.78 is 12.8. The van der Waals surface area contributed by atoms with Crippen molar-refractivity contribution < 1.29 is 4.39 Å². The third kappa shape index (κ3) is 1.06. The van der Waals surface area contributed by atoms with Gasteiger partial charge in [-0.15, -0.1) is 11.8 Å². The maximum atomic E-state index is 12.8. The van der Waals surface area contributed by atoms with Crippen LogP contribution in [-0.4, -0.2) is 21.2 Å². The summed E-state index contributed by atoms with van der Waals surface area (Å²) in [4.78, 5) is 10.6. The number of H-pyrrole nitrogens is 1. The first kappa shape index (κ1) is 7.54. The second-order valence-electron chi connectivity index (χ2n) is 2.25. The van der Waals surface area contributed by atoms with Crippen molar-refractivity contribution in [2.45, 2.75) is 5.03 Å². The van der Waals surface area contributed by atoms with E-state index in [1.807, 2.05) is 6.26 Å². The summed E-state index contributed by atoms with van der Waals surface area (Å²) in [7, 11) is 0. The van der Waals surface area contributed by atoms with Gasteiger partial charge in [-0.05, 0) is 6.26 Å². The smallest absolute Gasteiger partial charge is 0.216 e. The number of hydrogen-bond donors (Lipinski definition) is 1. The monoisotopic (exact) mass is 183 g/mol. The highest BCUT2D eigenvalue weighted by atomic mass is 32.2. The summed E-state index contributed by atoms with van der Waals surface area (Å²) in [6, 6.07) is 1.34. The Kier molecular flexibility index (Phi) is 1.73. The fourth-order valence-corrected chi connectivity index (χ4v) is 1.56. The van der Waals surface area contributed by atoms with Crippen LogP contribution in [0.1, 0.15) is 0 Å². The Labute approximate surface area is 72.4 Å². The molecule has 0 radical (unpaired) electrons. The number of fused-ring (bicyclic) bond motifs is 1. The van der Waals surface area contributed by atoms with E-state index in [-0.39, 0.29) is 0 Å². The minimum absolute atomic E-state index is 0.476. The molecule has 1 N–H and O–H groups in total. The zero-order chi connectivity index (χ0) is 8.55. The summed E-state index contributed by atoms with van der Waals surface area (Å²) in [5, 5.41) is 0.617. The lowest BCUT2D eigenvalue weighted by Crippen LogP contribution is -1.86. The van der Waals surface area contributed by atoms with Gasteiger partial charge in [0, 0.05) is 6.07 Å². The van der Waals surface area contributed by atoms with Crippen LogP contribution in [0, 0.1) is 5.95 Å². The lowest BCUT2D eigenvalue weighted by atomic mass is 10.4. The highest BCUT2D eigenvalue weighted by Crippen LogP contribution is 2.21. The Hall–Kier alpha value is -1.10. The Balaban J connectivity index is 2.80. The lowest BCUT2D eigenvalue weighted by Gasteiger charge is -1.95. The quantitative estimate of drug-likeness (QED) is 0.541. The predicted octanol–water partition coefficient (Wildman–Crippen LogP) is 1.82. The Bertz CT molecular complexity index is 412. The van der Waals surface area contributed by atoms with Crippen molar-refractivity contribution in [3.05, 3.63) is 18.3 Å². The summed E-state index contributed by atoms with van der Waals surface area (Å²) in [6.45, 7) is 0. The molecule has 62 valence electrons. The first-order valence-corrected chi connectivity index (χ1v) is 4.57. The number of thioether (sulfide) groups is 1. The Morgan fingerprint density at radius 3 is 3.17 bits per heavy atom. The number of hydrogen-bond acceptors (Lipinski definition) is 3. The number of nitrogens with one attached hydrogen (secondary N) is 1. The topological polar surface area (TPSA) is 41.6 Å². The van der Waals surface area contributed by atoms with Gasteiger partial charge in [0.25, 0.3) is 0 Å². The minimum Gasteiger partial charge on any atom is -0.344 e. The molecule has 2 aromatic heterocycles. The molecule has 0 saturated carbocycles. The van der Waals surface area contributed by atoms with Gasteiger partial charge in [-0.3, -0.25) is 0 Å². The molecule has 0 bridgehead atoms. The van der Waals surface area contributed by atoms with E-state index in [4.69, 9.17) is 0 Å². The average molecular weight is 183 g/mol. The molecule has 0 aliphatic carbocycles. The Morgan fingerprint density at radius 1 is 1.58 bits per heavy atom. The van der Waals surface area contributed by atoms with E-state index >= 15 is 0 Å². The first-order valence-electron chi connectivity index (χ1n) is 3.35. The fraction of sp³-hybridized carbons (Fsp3) is 0.143. The van der Waals surface area contributed by atoms with Gasteiger partial charge in [-0.2, -0.15) is 4.39 Å². The van der Waals surface area contributed by atoms with E-state index in [9.17, 15) is 4.39 Å². The van der Waals surface area contributed by atoms with Crippen molar-refractivity contribution in [1.29, 1.82) is 0 Å². The van der Waals surface area contributed by atoms with E-state index in [0.717, 1.165) is 5.52 Å². The Morgan fingerprint density at radius 2 is 2.42 bits per heavy atom. The molecule has 3 nitrogen and oxygen atoms in total. The summed E-state index contributed by atoms with van der Waals surface area (Å²) >= 11 is 1.38. The van der Waals surface area contributed by atoms with Gasteiger partial charge in [-0.1, -0.05) is 0 Å². The molecule has 2 rings (SSSR count). The van der Waals surface area contributed by atoms with Gasteiger partial charge in [0.05, 0.1) is 11.8 Å². The molecule has 0 amide bonds. The average Bonchev–Trinajstić information content (AvgIpc) is 2.50. The van der Waals surface area contributed by atoms with E-state index < -0.39 is 5.95 Å². The molecular formula is C7H6FN3S. The molecular weight excluding hydrogens is 177 g/mol. The maximum absolute atomic E-state index is 12.8. The standard InChI is InChI=1S/C7H6FN3S/c1-12-7-6-4(9-3-10-6)2-5(8)11-7/h2-3H,1H3,(H,9,10). The molecule has 0 aliphatic rings. The van der Waals surface area contributed by atoms with E-state index in [1.165, 1.54) is 24.2 Å². The SMILES string of the molecule is CSc1nc(F)cc2[nH]cnc12. The van der Waals surface area contributed by atoms with E-state index in [0.29, 0.717) is 10.5 Å². The van der Waals surface area contributed by atoms with Gasteiger partial charge in [-0.25, -0.2) is 9.97 Å². The van der Waals surface area contributed by atoms with Crippen molar-refractivity contribution in [1.82, 2.24) is 15.0 Å². The summed E-state index contributed by atoms with van der Waals surface area (Å²) in [5.41, 5.74) is 1.41. The van der Waals surface area contributed by atoms with Crippen LogP contribution >= 0.6 is 11.8 Å². The predicted molar refractivity (Wildman–Crippen MR) is 45.6 cm³/mol. The molecule has 0 fully saturated rings. The van der Waals surface area contributed by atoms with Crippen molar-refractivity contribution in [2.24, 2.45) is 0 Å². The normalized spacial score (nSPS) is 10.8. The van der Waals surface area contributed by atoms with Crippen molar-refractivity contribution in [3.8, 4) is 0 Å². The zero-order valence-electron chi connectivity index (χ0n) is 6.34. The summed E-state index contributed by atoms with van der Waals surface area (Å²) in [5.74, 6) is -0.476. The molecule has 0 aliphatic heterocycles. The van der Waals surface area contributed by atoms with Crippen LogP contribution in [0.4, 0.5) is 4.39 Å². The van der Waals surface area contributed by atoms with E-state index in [1.54, 1.807) is 0 Å². The molecule has 0 unspecified atom stereocenters. The van der Waals surface area contributed by atoms with Crippen LogP contribution in [-0.2, 0) is 0 Å². The van der Waals surface area contributed by atoms with Crippen LogP contribution in [0.25, 0.3) is 11.0 Å². The van der Waals surface area contributed by atoms with Crippen LogP contribution in [0.5, 0.6) is 0 Å². The second-order valence-corrected chi connectivity index (χ2v) is 3.05. The molecule has 2 heterocycles. The van der Waals surface area contributed by atoms with Gasteiger partial charge in [0.2, 0.25) is 5.95 Å².